The van der Waals surface area contributed by atoms with Crippen molar-refractivity contribution >= 4 is 22.9 Å². The van der Waals surface area contributed by atoms with Crippen molar-refractivity contribution in [2.24, 2.45) is 0 Å². The van der Waals surface area contributed by atoms with Gasteiger partial charge < -0.3 is 10.1 Å². The zero-order valence-corrected chi connectivity index (χ0v) is 13.9. The molecule has 0 spiro atoms. The van der Waals surface area contributed by atoms with Crippen LogP contribution in [0.15, 0.2) is 29.6 Å². The Hall–Kier alpha value is -1.03. The largest absolute Gasteiger partial charge is 0.493 e. The maximum absolute atomic E-state index is 6.45. The molecular formula is C17H20ClNOS. The van der Waals surface area contributed by atoms with Crippen LogP contribution in [0.5, 0.6) is 5.75 Å². The van der Waals surface area contributed by atoms with Crippen molar-refractivity contribution in [1.82, 2.24) is 5.32 Å². The van der Waals surface area contributed by atoms with E-state index < -0.39 is 0 Å². The van der Waals surface area contributed by atoms with Gasteiger partial charge in [0.25, 0.3) is 0 Å². The van der Waals surface area contributed by atoms with Crippen LogP contribution in [-0.4, -0.2) is 13.7 Å². The Bertz CT molecular complexity index is 625. The van der Waals surface area contributed by atoms with Crippen LogP contribution in [0.3, 0.4) is 0 Å². The highest BCUT2D eigenvalue weighted by atomic mass is 35.5. The predicted molar refractivity (Wildman–Crippen MR) is 89.8 cm³/mol. The van der Waals surface area contributed by atoms with Gasteiger partial charge in [-0.25, -0.2) is 0 Å². The fraction of sp³-hybridized carbons (Fsp3) is 0.412. The van der Waals surface area contributed by atoms with Crippen LogP contribution in [0.25, 0.3) is 0 Å². The fourth-order valence-corrected chi connectivity index (χ4v) is 4.43. The predicted octanol–water partition coefficient (Wildman–Crippen LogP) is 4.93. The van der Waals surface area contributed by atoms with Gasteiger partial charge in [-0.2, -0.15) is 0 Å². The van der Waals surface area contributed by atoms with Crippen molar-refractivity contribution in [1.29, 1.82) is 0 Å². The first-order valence-electron chi connectivity index (χ1n) is 7.33. The van der Waals surface area contributed by atoms with Crippen molar-refractivity contribution in [3.05, 3.63) is 50.7 Å². The van der Waals surface area contributed by atoms with Gasteiger partial charge in [0, 0.05) is 10.9 Å². The summed E-state index contributed by atoms with van der Waals surface area (Å²) in [6, 6.07) is 8.69. The van der Waals surface area contributed by atoms with E-state index in [1.54, 1.807) is 11.3 Å². The topological polar surface area (TPSA) is 21.3 Å². The molecule has 4 heteroatoms. The van der Waals surface area contributed by atoms with Crippen LogP contribution in [0.1, 0.15) is 40.8 Å². The van der Waals surface area contributed by atoms with Crippen molar-refractivity contribution in [3.8, 4) is 5.75 Å². The number of rotatable bonds is 4. The smallest absolute Gasteiger partial charge is 0.122 e. The summed E-state index contributed by atoms with van der Waals surface area (Å²) in [6.45, 7) is 2.87. The number of thiophene rings is 1. The van der Waals surface area contributed by atoms with E-state index in [2.05, 4.69) is 35.8 Å². The van der Waals surface area contributed by atoms with Crippen LogP contribution >= 0.6 is 22.9 Å². The number of aryl methyl sites for hydroxylation is 1. The molecule has 1 aromatic carbocycles. The minimum absolute atomic E-state index is 0.298. The normalized spacial score (nSPS) is 18.9. The second kappa shape index (κ2) is 6.39. The lowest BCUT2D eigenvalue weighted by molar-refractivity contribution is 0.256. The van der Waals surface area contributed by atoms with E-state index in [0.717, 1.165) is 30.2 Å². The Balaban J connectivity index is 1.84. The molecule has 1 N–H and O–H groups in total. The zero-order valence-electron chi connectivity index (χ0n) is 12.4. The van der Waals surface area contributed by atoms with Gasteiger partial charge in [0.2, 0.25) is 0 Å². The molecular weight excluding hydrogens is 302 g/mol. The van der Waals surface area contributed by atoms with E-state index in [1.165, 1.54) is 16.0 Å². The number of para-hydroxylation sites is 1. The number of fused-ring (bicyclic) bond motifs is 1. The molecule has 2 atom stereocenters. The lowest BCUT2D eigenvalue weighted by atomic mass is 9.87. The monoisotopic (exact) mass is 321 g/mol. The third-order valence-corrected chi connectivity index (χ3v) is 6.02. The molecule has 2 nitrogen and oxygen atoms in total. The summed E-state index contributed by atoms with van der Waals surface area (Å²) in [5, 5.41) is 6.49. The highest BCUT2D eigenvalue weighted by molar-refractivity contribution is 7.10. The van der Waals surface area contributed by atoms with E-state index >= 15 is 0 Å². The van der Waals surface area contributed by atoms with Crippen LogP contribution in [0, 0.1) is 6.92 Å². The highest BCUT2D eigenvalue weighted by Gasteiger charge is 2.26. The molecule has 1 aliphatic rings. The molecule has 1 aromatic heterocycles. The first-order chi connectivity index (χ1) is 10.2. The Morgan fingerprint density at radius 3 is 2.95 bits per heavy atom. The minimum atomic E-state index is 0.298. The van der Waals surface area contributed by atoms with Crippen LogP contribution in [0.4, 0.5) is 0 Å². The Kier molecular flexibility index (Phi) is 4.53. The van der Waals surface area contributed by atoms with Crippen LogP contribution < -0.4 is 10.1 Å². The SMILES string of the molecule is CNC(CC1CCOc2ccccc21)c1scc(C)c1Cl. The maximum atomic E-state index is 6.45. The maximum Gasteiger partial charge on any atom is 0.122 e. The molecule has 2 aromatic rings. The van der Waals surface area contributed by atoms with Gasteiger partial charge >= 0.3 is 0 Å². The molecule has 0 saturated carbocycles. The first kappa shape index (κ1) is 14.9. The first-order valence-corrected chi connectivity index (χ1v) is 8.59. The number of nitrogens with one attached hydrogen (secondary N) is 1. The van der Waals surface area contributed by atoms with Gasteiger partial charge in [-0.15, -0.1) is 11.3 Å². The van der Waals surface area contributed by atoms with E-state index in [1.807, 2.05) is 13.1 Å². The summed E-state index contributed by atoms with van der Waals surface area (Å²) in [5.41, 5.74) is 2.50. The molecule has 0 amide bonds. The Morgan fingerprint density at radius 2 is 2.24 bits per heavy atom. The minimum Gasteiger partial charge on any atom is -0.493 e. The molecule has 21 heavy (non-hydrogen) atoms. The summed E-state index contributed by atoms with van der Waals surface area (Å²) in [5.74, 6) is 1.56. The van der Waals surface area contributed by atoms with Crippen LogP contribution in [-0.2, 0) is 0 Å². The molecule has 0 fully saturated rings. The molecule has 0 radical (unpaired) electrons. The lowest BCUT2D eigenvalue weighted by Gasteiger charge is -2.29. The third-order valence-electron chi connectivity index (χ3n) is 4.19. The van der Waals surface area contributed by atoms with E-state index in [9.17, 15) is 0 Å². The van der Waals surface area contributed by atoms with Gasteiger partial charge in [0.15, 0.2) is 0 Å². The fourth-order valence-electron chi connectivity index (χ4n) is 2.99. The summed E-state index contributed by atoms with van der Waals surface area (Å²) in [7, 11) is 2.02. The summed E-state index contributed by atoms with van der Waals surface area (Å²) >= 11 is 8.20. The number of halogens is 1. The van der Waals surface area contributed by atoms with E-state index in [0.29, 0.717) is 12.0 Å². The second-order valence-electron chi connectivity index (χ2n) is 5.55. The van der Waals surface area contributed by atoms with Gasteiger partial charge in [-0.05, 0) is 55.3 Å². The van der Waals surface area contributed by atoms with Crippen molar-refractivity contribution in [2.45, 2.75) is 31.7 Å². The lowest BCUT2D eigenvalue weighted by Crippen LogP contribution is -2.22. The van der Waals surface area contributed by atoms with E-state index in [-0.39, 0.29) is 0 Å². The quantitative estimate of drug-likeness (QED) is 0.862. The van der Waals surface area contributed by atoms with Gasteiger partial charge in [0.05, 0.1) is 11.6 Å². The zero-order chi connectivity index (χ0) is 14.8. The summed E-state index contributed by atoms with van der Waals surface area (Å²) < 4.78 is 5.76. The third kappa shape index (κ3) is 2.96. The molecule has 2 unspecified atom stereocenters. The van der Waals surface area contributed by atoms with Crippen LogP contribution in [0.2, 0.25) is 5.02 Å². The van der Waals surface area contributed by atoms with Crippen molar-refractivity contribution < 1.29 is 4.74 Å². The number of benzene rings is 1. The number of hydrogen-bond donors (Lipinski definition) is 1. The highest BCUT2D eigenvalue weighted by Crippen LogP contribution is 2.41. The van der Waals surface area contributed by atoms with Crippen molar-refractivity contribution in [3.63, 3.8) is 0 Å². The van der Waals surface area contributed by atoms with Gasteiger partial charge in [-0.3, -0.25) is 0 Å². The standard InChI is InChI=1S/C17H20ClNOS/c1-11-10-21-17(16(11)18)14(19-2)9-12-7-8-20-15-6-4-3-5-13(12)15/h3-6,10,12,14,19H,7-9H2,1-2H3. The molecule has 1 aliphatic heterocycles. The Morgan fingerprint density at radius 1 is 1.43 bits per heavy atom. The average molecular weight is 322 g/mol. The molecule has 112 valence electrons. The number of ether oxygens (including phenoxy) is 1. The van der Waals surface area contributed by atoms with Crippen molar-refractivity contribution in [2.75, 3.05) is 13.7 Å². The molecule has 3 rings (SSSR count). The summed E-state index contributed by atoms with van der Waals surface area (Å²) in [6.07, 6.45) is 2.12. The van der Waals surface area contributed by atoms with Gasteiger partial charge in [0.1, 0.15) is 5.75 Å². The molecule has 0 bridgehead atoms. The molecule has 0 saturated heterocycles. The van der Waals surface area contributed by atoms with E-state index in [4.69, 9.17) is 16.3 Å². The average Bonchev–Trinajstić information content (AvgIpc) is 2.85. The molecule has 0 aliphatic carbocycles. The summed E-state index contributed by atoms with van der Waals surface area (Å²) in [4.78, 5) is 1.25. The Labute approximate surface area is 135 Å². The van der Waals surface area contributed by atoms with Gasteiger partial charge in [-0.1, -0.05) is 29.8 Å². The second-order valence-corrected chi connectivity index (χ2v) is 6.83. The number of hydrogen-bond acceptors (Lipinski definition) is 3. The molecule has 2 heterocycles.